The van der Waals surface area contributed by atoms with E-state index in [1.54, 1.807) is 0 Å². The van der Waals surface area contributed by atoms with Crippen LogP contribution in [0, 0.1) is 11.6 Å². The molecule has 1 rings (SSSR count). The molecule has 1 aromatic carbocycles. The lowest BCUT2D eigenvalue weighted by molar-refractivity contribution is 0.0883. The van der Waals surface area contributed by atoms with Crippen molar-refractivity contribution < 1.29 is 19.1 Å². The van der Waals surface area contributed by atoms with Gasteiger partial charge >= 0.3 is 0 Å². The van der Waals surface area contributed by atoms with Crippen LogP contribution in [0.4, 0.5) is 14.5 Å². The van der Waals surface area contributed by atoms with Gasteiger partial charge in [0.15, 0.2) is 5.84 Å². The minimum absolute atomic E-state index is 0.0454. The standard InChI is InChI=1S/C12H17F2N3O2/c1-12(2,18)6-17(3)10-8(13)4-7(5-9(10)14)11(15)16-19/h4-5,18-19H,6H2,1-3H3,(H2,15,16). The topological polar surface area (TPSA) is 82.1 Å². The van der Waals surface area contributed by atoms with Gasteiger partial charge in [-0.25, -0.2) is 8.78 Å². The summed E-state index contributed by atoms with van der Waals surface area (Å²) in [5.41, 5.74) is 3.84. The second-order valence-electron chi connectivity index (χ2n) is 4.94. The molecule has 0 aliphatic carbocycles. The van der Waals surface area contributed by atoms with Crippen molar-refractivity contribution in [3.8, 4) is 0 Å². The first-order valence-electron chi connectivity index (χ1n) is 5.56. The van der Waals surface area contributed by atoms with E-state index < -0.39 is 17.2 Å². The van der Waals surface area contributed by atoms with Gasteiger partial charge in [-0.05, 0) is 26.0 Å². The fourth-order valence-electron chi connectivity index (χ4n) is 1.80. The van der Waals surface area contributed by atoms with Crippen LogP contribution in [0.1, 0.15) is 19.4 Å². The predicted octanol–water partition coefficient (Wildman–Crippen LogP) is 1.27. The largest absolute Gasteiger partial charge is 0.409 e. The maximum Gasteiger partial charge on any atom is 0.170 e. The molecule has 0 fully saturated rings. The quantitative estimate of drug-likeness (QED) is 0.334. The highest BCUT2D eigenvalue weighted by Gasteiger charge is 2.22. The van der Waals surface area contributed by atoms with E-state index in [4.69, 9.17) is 10.9 Å². The maximum absolute atomic E-state index is 13.9. The van der Waals surface area contributed by atoms with Crippen LogP contribution in [-0.4, -0.2) is 35.3 Å². The highest BCUT2D eigenvalue weighted by molar-refractivity contribution is 5.97. The molecule has 0 saturated heterocycles. The zero-order valence-corrected chi connectivity index (χ0v) is 11.0. The number of rotatable bonds is 4. The predicted molar refractivity (Wildman–Crippen MR) is 68.4 cm³/mol. The second-order valence-corrected chi connectivity index (χ2v) is 4.94. The summed E-state index contributed by atoms with van der Waals surface area (Å²) in [6.07, 6.45) is 0. The first-order valence-corrected chi connectivity index (χ1v) is 5.56. The number of benzene rings is 1. The van der Waals surface area contributed by atoms with E-state index in [-0.39, 0.29) is 23.6 Å². The Morgan fingerprint density at radius 1 is 1.37 bits per heavy atom. The van der Waals surface area contributed by atoms with Crippen LogP contribution < -0.4 is 10.6 Å². The Bertz CT molecular complexity index is 475. The summed E-state index contributed by atoms with van der Waals surface area (Å²) >= 11 is 0. The van der Waals surface area contributed by atoms with Gasteiger partial charge < -0.3 is 20.9 Å². The molecule has 0 bridgehead atoms. The van der Waals surface area contributed by atoms with Crippen molar-refractivity contribution in [2.75, 3.05) is 18.5 Å². The molecule has 0 radical (unpaired) electrons. The summed E-state index contributed by atoms with van der Waals surface area (Å²) in [4.78, 5) is 1.26. The molecule has 0 amide bonds. The lowest BCUT2D eigenvalue weighted by atomic mass is 10.1. The smallest absolute Gasteiger partial charge is 0.170 e. The molecule has 1 aromatic rings. The third kappa shape index (κ3) is 3.78. The van der Waals surface area contributed by atoms with E-state index in [0.717, 1.165) is 12.1 Å². The molecule has 0 atom stereocenters. The molecule has 106 valence electrons. The zero-order chi connectivity index (χ0) is 14.8. The molecule has 7 heteroatoms. The van der Waals surface area contributed by atoms with E-state index in [1.165, 1.54) is 25.8 Å². The average Bonchev–Trinajstić information content (AvgIpc) is 2.24. The molecule has 5 nitrogen and oxygen atoms in total. The normalized spacial score (nSPS) is 12.6. The van der Waals surface area contributed by atoms with E-state index in [1.807, 2.05) is 0 Å². The van der Waals surface area contributed by atoms with Gasteiger partial charge in [0.1, 0.15) is 17.3 Å². The molecule has 4 N–H and O–H groups in total. The Labute approximate surface area is 109 Å². The third-order valence-electron chi connectivity index (χ3n) is 2.43. The minimum Gasteiger partial charge on any atom is -0.409 e. The Hall–Kier alpha value is -1.89. The van der Waals surface area contributed by atoms with Gasteiger partial charge in [-0.3, -0.25) is 0 Å². The fourth-order valence-corrected chi connectivity index (χ4v) is 1.80. The van der Waals surface area contributed by atoms with Gasteiger partial charge in [0, 0.05) is 19.2 Å². The van der Waals surface area contributed by atoms with Gasteiger partial charge in [0.2, 0.25) is 0 Å². The van der Waals surface area contributed by atoms with Crippen LogP contribution in [0.5, 0.6) is 0 Å². The number of hydrogen-bond acceptors (Lipinski definition) is 4. The van der Waals surface area contributed by atoms with Crippen molar-refractivity contribution in [1.82, 2.24) is 0 Å². The molecule has 0 heterocycles. The van der Waals surface area contributed by atoms with Crippen LogP contribution >= 0.6 is 0 Å². The van der Waals surface area contributed by atoms with Crippen molar-refractivity contribution in [3.63, 3.8) is 0 Å². The number of hydrogen-bond donors (Lipinski definition) is 3. The Kier molecular flexibility index (Phi) is 4.31. The summed E-state index contributed by atoms with van der Waals surface area (Å²) in [5, 5.41) is 20.8. The summed E-state index contributed by atoms with van der Waals surface area (Å²) in [6, 6.07) is 1.93. The van der Waals surface area contributed by atoms with Gasteiger partial charge in [-0.15, -0.1) is 0 Å². The fraction of sp³-hybridized carbons (Fsp3) is 0.417. The SMILES string of the molecule is CN(CC(C)(C)O)c1c(F)cc(C(N)=NO)cc1F. The number of halogens is 2. The first kappa shape index (κ1) is 15.2. The number of nitrogens with zero attached hydrogens (tertiary/aromatic N) is 2. The van der Waals surface area contributed by atoms with Crippen LogP contribution in [-0.2, 0) is 0 Å². The van der Waals surface area contributed by atoms with E-state index in [9.17, 15) is 13.9 Å². The summed E-state index contributed by atoms with van der Waals surface area (Å²) < 4.78 is 27.8. The molecular weight excluding hydrogens is 256 g/mol. The van der Waals surface area contributed by atoms with Gasteiger partial charge in [-0.2, -0.15) is 0 Å². The van der Waals surface area contributed by atoms with Crippen molar-refractivity contribution in [1.29, 1.82) is 0 Å². The van der Waals surface area contributed by atoms with E-state index in [0.29, 0.717) is 0 Å². The first-order chi connectivity index (χ1) is 8.65. The number of likely N-dealkylation sites (N-methyl/N-ethyl adjacent to an activating group) is 1. The maximum atomic E-state index is 13.9. The molecule has 0 aliphatic heterocycles. The third-order valence-corrected chi connectivity index (χ3v) is 2.43. The number of anilines is 1. The van der Waals surface area contributed by atoms with Crippen LogP contribution in [0.2, 0.25) is 0 Å². The molecule has 19 heavy (non-hydrogen) atoms. The van der Waals surface area contributed by atoms with Crippen molar-refractivity contribution in [2.24, 2.45) is 10.9 Å². The molecule has 0 unspecified atom stereocenters. The van der Waals surface area contributed by atoms with Crippen molar-refractivity contribution >= 4 is 11.5 Å². The summed E-state index contributed by atoms with van der Waals surface area (Å²) in [5.74, 6) is -2.09. The van der Waals surface area contributed by atoms with E-state index >= 15 is 0 Å². The average molecular weight is 273 g/mol. The monoisotopic (exact) mass is 273 g/mol. The van der Waals surface area contributed by atoms with Gasteiger partial charge in [-0.1, -0.05) is 5.16 Å². The van der Waals surface area contributed by atoms with Crippen LogP contribution in [0.25, 0.3) is 0 Å². The van der Waals surface area contributed by atoms with E-state index in [2.05, 4.69) is 5.16 Å². The molecule has 0 saturated carbocycles. The Morgan fingerprint density at radius 2 is 1.84 bits per heavy atom. The van der Waals surface area contributed by atoms with Gasteiger partial charge in [0.05, 0.1) is 5.60 Å². The molecule has 0 aromatic heterocycles. The molecular formula is C12H17F2N3O2. The van der Waals surface area contributed by atoms with Crippen LogP contribution in [0.3, 0.4) is 0 Å². The van der Waals surface area contributed by atoms with Crippen molar-refractivity contribution in [3.05, 3.63) is 29.3 Å². The number of aliphatic hydroxyl groups is 1. The second kappa shape index (κ2) is 5.40. The van der Waals surface area contributed by atoms with Crippen molar-refractivity contribution in [2.45, 2.75) is 19.4 Å². The minimum atomic E-state index is -1.10. The Balaban J connectivity index is 3.17. The molecule has 0 aliphatic rings. The number of nitrogens with two attached hydrogens (primary N) is 1. The highest BCUT2D eigenvalue weighted by Crippen LogP contribution is 2.25. The zero-order valence-electron chi connectivity index (χ0n) is 11.0. The summed E-state index contributed by atoms with van der Waals surface area (Å²) in [7, 11) is 1.46. The highest BCUT2D eigenvalue weighted by atomic mass is 19.1. The van der Waals surface area contributed by atoms with Crippen LogP contribution in [0.15, 0.2) is 17.3 Å². The number of amidine groups is 1. The van der Waals surface area contributed by atoms with Gasteiger partial charge in [0.25, 0.3) is 0 Å². The lowest BCUT2D eigenvalue weighted by Gasteiger charge is -2.27. The number of oxime groups is 1. The summed E-state index contributed by atoms with van der Waals surface area (Å²) in [6.45, 7) is 3.11. The lowest BCUT2D eigenvalue weighted by Crippen LogP contribution is -2.37. The Morgan fingerprint density at radius 3 is 2.21 bits per heavy atom. The molecule has 0 spiro atoms.